The van der Waals surface area contributed by atoms with E-state index < -0.39 is 0 Å². The van der Waals surface area contributed by atoms with Gasteiger partial charge in [-0.15, -0.1) is 0 Å². The van der Waals surface area contributed by atoms with Gasteiger partial charge in [0.15, 0.2) is 5.11 Å². The van der Waals surface area contributed by atoms with Crippen molar-refractivity contribution < 1.29 is 0 Å². The van der Waals surface area contributed by atoms with Crippen LogP contribution < -0.4 is 10.6 Å². The molecule has 0 aliphatic rings. The zero-order valence-corrected chi connectivity index (χ0v) is 10.4. The first-order valence-electron chi connectivity index (χ1n) is 4.49. The average Bonchev–Trinajstić information content (AvgIpc) is 2.17. The molecule has 0 saturated heterocycles. The Labute approximate surface area is 98.2 Å². The van der Waals surface area contributed by atoms with Crippen molar-refractivity contribution in [1.29, 1.82) is 0 Å². The van der Waals surface area contributed by atoms with E-state index >= 15 is 0 Å². The Bertz CT molecular complexity index is 315. The van der Waals surface area contributed by atoms with Crippen molar-refractivity contribution in [2.45, 2.75) is 13.5 Å². The molecule has 0 atom stereocenters. The van der Waals surface area contributed by atoms with Gasteiger partial charge in [0.25, 0.3) is 0 Å². The van der Waals surface area contributed by atoms with E-state index in [0.717, 1.165) is 17.6 Å². The van der Waals surface area contributed by atoms with Crippen molar-refractivity contribution in [1.82, 2.24) is 10.6 Å². The summed E-state index contributed by atoms with van der Waals surface area (Å²) in [7, 11) is 0. The predicted octanol–water partition coefficient (Wildman–Crippen LogP) is 2.43. The van der Waals surface area contributed by atoms with Gasteiger partial charge in [-0.1, -0.05) is 34.1 Å². The Kier molecular flexibility index (Phi) is 4.90. The van der Waals surface area contributed by atoms with Crippen molar-refractivity contribution >= 4 is 33.3 Å². The summed E-state index contributed by atoms with van der Waals surface area (Å²) in [5, 5.41) is 6.87. The Morgan fingerprint density at radius 1 is 1.36 bits per heavy atom. The van der Waals surface area contributed by atoms with Crippen LogP contribution in [0.2, 0.25) is 0 Å². The molecule has 1 aromatic carbocycles. The van der Waals surface area contributed by atoms with Crippen molar-refractivity contribution in [3.8, 4) is 0 Å². The second kappa shape index (κ2) is 5.98. The van der Waals surface area contributed by atoms with Gasteiger partial charge in [-0.25, -0.2) is 0 Å². The zero-order chi connectivity index (χ0) is 10.4. The predicted molar refractivity (Wildman–Crippen MR) is 67.3 cm³/mol. The van der Waals surface area contributed by atoms with Crippen molar-refractivity contribution in [2.75, 3.05) is 6.54 Å². The van der Waals surface area contributed by atoms with Gasteiger partial charge < -0.3 is 10.6 Å². The van der Waals surface area contributed by atoms with Crippen LogP contribution in [0.4, 0.5) is 0 Å². The molecule has 2 N–H and O–H groups in total. The topological polar surface area (TPSA) is 24.1 Å². The normalized spacial score (nSPS) is 9.57. The van der Waals surface area contributed by atoms with Crippen molar-refractivity contribution in [3.63, 3.8) is 0 Å². The Morgan fingerprint density at radius 2 is 2.07 bits per heavy atom. The minimum atomic E-state index is 0.697. The van der Waals surface area contributed by atoms with Crippen molar-refractivity contribution in [3.05, 3.63) is 34.3 Å². The third-order valence-electron chi connectivity index (χ3n) is 1.73. The molecule has 0 heterocycles. The molecule has 2 nitrogen and oxygen atoms in total. The molecule has 0 aromatic heterocycles. The van der Waals surface area contributed by atoms with Gasteiger partial charge in [-0.05, 0) is 30.8 Å². The Hall–Kier alpha value is -0.610. The van der Waals surface area contributed by atoms with E-state index in [4.69, 9.17) is 12.2 Å². The van der Waals surface area contributed by atoms with E-state index in [2.05, 4.69) is 32.6 Å². The molecule has 0 saturated carbocycles. The number of hydrogen-bond donors (Lipinski definition) is 2. The molecular formula is C10H13BrN2S. The van der Waals surface area contributed by atoms with E-state index in [0.29, 0.717) is 5.11 Å². The summed E-state index contributed by atoms with van der Waals surface area (Å²) in [5.41, 5.74) is 1.20. The smallest absolute Gasteiger partial charge is 0.166 e. The van der Waals surface area contributed by atoms with Gasteiger partial charge in [0.2, 0.25) is 0 Å². The highest BCUT2D eigenvalue weighted by Gasteiger charge is 1.98. The summed E-state index contributed by atoms with van der Waals surface area (Å²) in [6.07, 6.45) is 0. The first kappa shape index (κ1) is 11.5. The third-order valence-corrected chi connectivity index (χ3v) is 2.80. The second-order valence-electron chi connectivity index (χ2n) is 2.80. The lowest BCUT2D eigenvalue weighted by Gasteiger charge is -2.09. The zero-order valence-electron chi connectivity index (χ0n) is 8.01. The molecule has 14 heavy (non-hydrogen) atoms. The van der Waals surface area contributed by atoms with Crippen molar-refractivity contribution in [2.24, 2.45) is 0 Å². The maximum Gasteiger partial charge on any atom is 0.166 e. The lowest BCUT2D eigenvalue weighted by molar-refractivity contribution is 0.852. The molecule has 0 aliphatic heterocycles. The largest absolute Gasteiger partial charge is 0.363 e. The molecule has 0 fully saturated rings. The number of rotatable bonds is 3. The summed E-state index contributed by atoms with van der Waals surface area (Å²) in [5.74, 6) is 0. The Morgan fingerprint density at radius 3 is 2.71 bits per heavy atom. The van der Waals surface area contributed by atoms with Crippen LogP contribution in [0, 0.1) is 0 Å². The summed E-state index contributed by atoms with van der Waals surface area (Å²) < 4.78 is 1.10. The maximum absolute atomic E-state index is 5.06. The van der Waals surface area contributed by atoms with E-state index in [1.54, 1.807) is 0 Å². The van der Waals surface area contributed by atoms with Crippen LogP contribution in [0.5, 0.6) is 0 Å². The van der Waals surface area contributed by atoms with Gasteiger partial charge in [0.1, 0.15) is 0 Å². The molecule has 0 amide bonds. The molecule has 0 spiro atoms. The van der Waals surface area contributed by atoms with Gasteiger partial charge >= 0.3 is 0 Å². The number of benzene rings is 1. The average molecular weight is 273 g/mol. The molecule has 1 aromatic rings. The van der Waals surface area contributed by atoms with Gasteiger partial charge in [-0.2, -0.15) is 0 Å². The third kappa shape index (κ3) is 3.64. The van der Waals surface area contributed by atoms with Crippen LogP contribution in [0.15, 0.2) is 28.7 Å². The SMILES string of the molecule is CCNC(=S)NCc1ccccc1Br. The standard InChI is InChI=1S/C10H13BrN2S/c1-2-12-10(14)13-7-8-5-3-4-6-9(8)11/h3-6H,2,7H2,1H3,(H2,12,13,14). The molecule has 0 radical (unpaired) electrons. The van der Waals surface area contributed by atoms with Crippen LogP contribution in [-0.4, -0.2) is 11.7 Å². The minimum Gasteiger partial charge on any atom is -0.363 e. The summed E-state index contributed by atoms with van der Waals surface area (Å²) in [4.78, 5) is 0. The second-order valence-corrected chi connectivity index (χ2v) is 4.07. The summed E-state index contributed by atoms with van der Waals surface area (Å²) in [6.45, 7) is 3.61. The number of hydrogen-bond acceptors (Lipinski definition) is 1. The Balaban J connectivity index is 2.46. The number of nitrogens with one attached hydrogen (secondary N) is 2. The fraction of sp³-hybridized carbons (Fsp3) is 0.300. The fourth-order valence-corrected chi connectivity index (χ4v) is 1.68. The minimum absolute atomic E-state index is 0.697. The monoisotopic (exact) mass is 272 g/mol. The van der Waals surface area contributed by atoms with Crippen LogP contribution in [0.1, 0.15) is 12.5 Å². The number of halogens is 1. The summed E-state index contributed by atoms with van der Waals surface area (Å²) in [6, 6.07) is 8.09. The molecule has 4 heteroatoms. The molecule has 0 aliphatic carbocycles. The van der Waals surface area contributed by atoms with E-state index in [-0.39, 0.29) is 0 Å². The molecule has 0 bridgehead atoms. The lowest BCUT2D eigenvalue weighted by atomic mass is 10.2. The van der Waals surface area contributed by atoms with Gasteiger partial charge in [0.05, 0.1) is 0 Å². The van der Waals surface area contributed by atoms with Crippen LogP contribution in [-0.2, 0) is 6.54 Å². The molecule has 76 valence electrons. The van der Waals surface area contributed by atoms with E-state index in [1.165, 1.54) is 5.56 Å². The fourth-order valence-electron chi connectivity index (χ4n) is 1.04. The highest BCUT2D eigenvalue weighted by atomic mass is 79.9. The highest BCUT2D eigenvalue weighted by Crippen LogP contribution is 2.14. The highest BCUT2D eigenvalue weighted by molar-refractivity contribution is 9.10. The first-order valence-corrected chi connectivity index (χ1v) is 5.69. The van der Waals surface area contributed by atoms with E-state index in [1.807, 2.05) is 25.1 Å². The van der Waals surface area contributed by atoms with Crippen LogP contribution in [0.3, 0.4) is 0 Å². The maximum atomic E-state index is 5.06. The summed E-state index contributed by atoms with van der Waals surface area (Å²) >= 11 is 8.54. The number of thiocarbonyl (C=S) groups is 1. The van der Waals surface area contributed by atoms with Crippen LogP contribution in [0.25, 0.3) is 0 Å². The molecule has 0 unspecified atom stereocenters. The quantitative estimate of drug-likeness (QED) is 0.827. The van der Waals surface area contributed by atoms with Gasteiger partial charge in [0, 0.05) is 17.6 Å². The molecular weight excluding hydrogens is 260 g/mol. The molecule has 1 rings (SSSR count). The van der Waals surface area contributed by atoms with Crippen LogP contribution >= 0.6 is 28.1 Å². The first-order chi connectivity index (χ1) is 6.74. The van der Waals surface area contributed by atoms with Gasteiger partial charge in [-0.3, -0.25) is 0 Å². The van der Waals surface area contributed by atoms with E-state index in [9.17, 15) is 0 Å². The lowest BCUT2D eigenvalue weighted by Crippen LogP contribution is -2.34.